The van der Waals surface area contributed by atoms with Crippen LogP contribution in [0.1, 0.15) is 45.4 Å². The van der Waals surface area contributed by atoms with Crippen LogP contribution in [0.3, 0.4) is 0 Å². The van der Waals surface area contributed by atoms with E-state index < -0.39 is 0 Å². The van der Waals surface area contributed by atoms with Gasteiger partial charge in [-0.2, -0.15) is 0 Å². The third-order valence-corrected chi connectivity index (χ3v) is 6.54. The second-order valence-corrected chi connectivity index (χ2v) is 7.41. The normalized spacial score (nSPS) is 47.8. The van der Waals surface area contributed by atoms with Crippen LogP contribution < -0.4 is 0 Å². The average molecular weight is 256 g/mol. The molecule has 4 rings (SSSR count). The average Bonchev–Trinajstić information content (AvgIpc) is 2.80. The molecular formula is C18H24O. The summed E-state index contributed by atoms with van der Waals surface area (Å²) in [6.45, 7) is 2.54. The number of rotatable bonds is 0. The topological polar surface area (TPSA) is 20.2 Å². The van der Waals surface area contributed by atoms with Gasteiger partial charge in [0.1, 0.15) is 5.76 Å². The summed E-state index contributed by atoms with van der Waals surface area (Å²) in [5, 5.41) is 9.82. The molecule has 0 bridgehead atoms. The van der Waals surface area contributed by atoms with Gasteiger partial charge < -0.3 is 5.11 Å². The van der Waals surface area contributed by atoms with Gasteiger partial charge in [0.05, 0.1) is 0 Å². The van der Waals surface area contributed by atoms with Crippen molar-refractivity contribution in [3.05, 3.63) is 35.6 Å². The quantitative estimate of drug-likeness (QED) is 0.661. The summed E-state index contributed by atoms with van der Waals surface area (Å²) in [5.41, 5.74) is 2.09. The van der Waals surface area contributed by atoms with Gasteiger partial charge in [0.25, 0.3) is 0 Å². The molecule has 0 aromatic heterocycles. The SMILES string of the molecule is C[C@@]12CCC[C@H]1[C@@H]1CC=C3C=CC(O)=C[C@@H]3[C@H]1CC2. The first-order valence-electron chi connectivity index (χ1n) is 7.96. The van der Waals surface area contributed by atoms with Crippen LogP contribution in [0, 0.1) is 29.1 Å². The molecule has 0 saturated heterocycles. The molecule has 1 N–H and O–H groups in total. The number of aliphatic hydroxyl groups is 1. The molecule has 0 spiro atoms. The van der Waals surface area contributed by atoms with E-state index in [1.54, 1.807) is 0 Å². The Hall–Kier alpha value is -0.980. The van der Waals surface area contributed by atoms with Crippen molar-refractivity contribution in [3.63, 3.8) is 0 Å². The van der Waals surface area contributed by atoms with Gasteiger partial charge in [-0.15, -0.1) is 0 Å². The van der Waals surface area contributed by atoms with Crippen LogP contribution in [0.4, 0.5) is 0 Å². The zero-order chi connectivity index (χ0) is 13.0. The van der Waals surface area contributed by atoms with Gasteiger partial charge in [-0.05, 0) is 73.0 Å². The predicted molar refractivity (Wildman–Crippen MR) is 77.7 cm³/mol. The Kier molecular flexibility index (Phi) is 2.49. The molecule has 19 heavy (non-hydrogen) atoms. The summed E-state index contributed by atoms with van der Waals surface area (Å²) in [7, 11) is 0. The van der Waals surface area contributed by atoms with Crippen molar-refractivity contribution in [3.8, 4) is 0 Å². The highest BCUT2D eigenvalue weighted by molar-refractivity contribution is 5.38. The molecular weight excluding hydrogens is 232 g/mol. The predicted octanol–water partition coefficient (Wildman–Crippen LogP) is 4.78. The molecule has 0 unspecified atom stereocenters. The van der Waals surface area contributed by atoms with E-state index in [2.05, 4.69) is 25.2 Å². The fourth-order valence-corrected chi connectivity index (χ4v) is 5.57. The Bertz CT molecular complexity index is 484. The van der Waals surface area contributed by atoms with Crippen molar-refractivity contribution >= 4 is 0 Å². The van der Waals surface area contributed by atoms with Gasteiger partial charge in [-0.25, -0.2) is 0 Å². The van der Waals surface area contributed by atoms with Crippen molar-refractivity contribution in [1.82, 2.24) is 0 Å². The van der Waals surface area contributed by atoms with Crippen LogP contribution in [-0.2, 0) is 0 Å². The van der Waals surface area contributed by atoms with Crippen LogP contribution in [0.2, 0.25) is 0 Å². The summed E-state index contributed by atoms with van der Waals surface area (Å²) in [4.78, 5) is 0. The molecule has 0 aromatic rings. The van der Waals surface area contributed by atoms with E-state index in [1.165, 1.54) is 44.1 Å². The molecule has 0 radical (unpaired) electrons. The van der Waals surface area contributed by atoms with Crippen LogP contribution in [0.25, 0.3) is 0 Å². The maximum atomic E-state index is 9.82. The second-order valence-electron chi connectivity index (χ2n) is 7.41. The lowest BCUT2D eigenvalue weighted by atomic mass is 9.54. The van der Waals surface area contributed by atoms with E-state index in [0.29, 0.717) is 17.1 Å². The molecule has 0 aliphatic heterocycles. The van der Waals surface area contributed by atoms with Crippen molar-refractivity contribution < 1.29 is 5.11 Å². The Balaban J connectivity index is 1.69. The number of hydrogen-bond donors (Lipinski definition) is 1. The van der Waals surface area contributed by atoms with Gasteiger partial charge in [0.2, 0.25) is 0 Å². The first-order valence-corrected chi connectivity index (χ1v) is 7.96. The fourth-order valence-electron chi connectivity index (χ4n) is 5.57. The Labute approximate surface area is 116 Å². The Morgan fingerprint density at radius 2 is 2.05 bits per heavy atom. The van der Waals surface area contributed by atoms with Gasteiger partial charge in [0.15, 0.2) is 0 Å². The zero-order valence-corrected chi connectivity index (χ0v) is 11.8. The van der Waals surface area contributed by atoms with Gasteiger partial charge in [-0.1, -0.05) is 25.5 Å². The third kappa shape index (κ3) is 1.67. The van der Waals surface area contributed by atoms with Crippen molar-refractivity contribution in [1.29, 1.82) is 0 Å². The van der Waals surface area contributed by atoms with Crippen LogP contribution in [0.15, 0.2) is 35.6 Å². The number of fused-ring (bicyclic) bond motifs is 5. The molecule has 2 saturated carbocycles. The molecule has 2 fully saturated rings. The third-order valence-electron chi connectivity index (χ3n) is 6.54. The Morgan fingerprint density at radius 3 is 2.95 bits per heavy atom. The molecule has 4 aliphatic carbocycles. The molecule has 5 atom stereocenters. The lowest BCUT2D eigenvalue weighted by molar-refractivity contribution is 0.0242. The highest BCUT2D eigenvalue weighted by atomic mass is 16.3. The first-order chi connectivity index (χ1) is 9.17. The van der Waals surface area contributed by atoms with Crippen LogP contribution in [0.5, 0.6) is 0 Å². The van der Waals surface area contributed by atoms with Crippen LogP contribution in [-0.4, -0.2) is 5.11 Å². The molecule has 4 aliphatic rings. The molecule has 1 heteroatoms. The van der Waals surface area contributed by atoms with E-state index in [-0.39, 0.29) is 0 Å². The lowest BCUT2D eigenvalue weighted by Crippen LogP contribution is -2.42. The highest BCUT2D eigenvalue weighted by Crippen LogP contribution is 2.60. The largest absolute Gasteiger partial charge is 0.508 e. The lowest BCUT2D eigenvalue weighted by Gasteiger charge is -2.50. The molecule has 1 nitrogen and oxygen atoms in total. The van der Waals surface area contributed by atoms with E-state index in [1.807, 2.05) is 6.08 Å². The van der Waals surface area contributed by atoms with E-state index in [9.17, 15) is 5.11 Å². The smallest absolute Gasteiger partial charge is 0.112 e. The standard InChI is InChI=1S/C18H24O/c1-18-9-2-3-17(18)15-7-5-12-4-6-13(19)11-16(12)14(15)8-10-18/h4-6,11,14-17,19H,2-3,7-10H2,1H3/t14-,15+,16-,17-,18-/m0/s1. The Morgan fingerprint density at radius 1 is 1.16 bits per heavy atom. The van der Waals surface area contributed by atoms with Gasteiger partial charge >= 0.3 is 0 Å². The van der Waals surface area contributed by atoms with Crippen molar-refractivity contribution in [2.24, 2.45) is 29.1 Å². The number of allylic oxidation sites excluding steroid dienone is 5. The minimum atomic E-state index is 0.475. The highest BCUT2D eigenvalue weighted by Gasteiger charge is 2.51. The first kappa shape index (κ1) is 11.8. The summed E-state index contributed by atoms with van der Waals surface area (Å²) in [5.74, 6) is 3.55. The van der Waals surface area contributed by atoms with E-state index >= 15 is 0 Å². The maximum absolute atomic E-state index is 9.82. The second kappa shape index (κ2) is 4.01. The summed E-state index contributed by atoms with van der Waals surface area (Å²) >= 11 is 0. The van der Waals surface area contributed by atoms with Gasteiger partial charge in [0, 0.05) is 5.92 Å². The van der Waals surface area contributed by atoms with Crippen molar-refractivity contribution in [2.75, 3.05) is 0 Å². The summed E-state index contributed by atoms with van der Waals surface area (Å²) < 4.78 is 0. The molecule has 0 heterocycles. The monoisotopic (exact) mass is 256 g/mol. The van der Waals surface area contributed by atoms with E-state index in [4.69, 9.17) is 0 Å². The van der Waals surface area contributed by atoms with E-state index in [0.717, 1.165) is 17.8 Å². The van der Waals surface area contributed by atoms with Gasteiger partial charge in [-0.3, -0.25) is 0 Å². The van der Waals surface area contributed by atoms with Crippen LogP contribution >= 0.6 is 0 Å². The number of aliphatic hydroxyl groups excluding tert-OH is 1. The maximum Gasteiger partial charge on any atom is 0.112 e. The number of hydrogen-bond acceptors (Lipinski definition) is 1. The zero-order valence-electron chi connectivity index (χ0n) is 11.8. The fraction of sp³-hybridized carbons (Fsp3) is 0.667. The molecule has 102 valence electrons. The van der Waals surface area contributed by atoms with Crippen molar-refractivity contribution in [2.45, 2.75) is 45.4 Å². The molecule has 0 aromatic carbocycles. The summed E-state index contributed by atoms with van der Waals surface area (Å²) in [6, 6.07) is 0. The summed E-state index contributed by atoms with van der Waals surface area (Å²) in [6.07, 6.45) is 16.9. The molecule has 0 amide bonds. The minimum Gasteiger partial charge on any atom is -0.508 e. The minimum absolute atomic E-state index is 0.475.